The highest BCUT2D eigenvalue weighted by molar-refractivity contribution is 5.91. The molecule has 8 heavy (non-hydrogen) atoms. The van der Waals surface area contributed by atoms with Crippen LogP contribution < -0.4 is 0 Å². The fourth-order valence-corrected chi connectivity index (χ4v) is 0.558. The van der Waals surface area contributed by atoms with Gasteiger partial charge < -0.3 is 4.90 Å². The molecule has 1 aliphatic heterocycles. The Hall–Kier alpha value is -0.860. The van der Waals surface area contributed by atoms with Crippen molar-refractivity contribution in [2.45, 2.75) is 6.42 Å². The molecule has 44 valence electrons. The highest BCUT2D eigenvalue weighted by Crippen LogP contribution is 1.93. The van der Waals surface area contributed by atoms with Gasteiger partial charge in [-0.05, 0) is 0 Å². The standard InChI is InChI=1S/C5H8N2O/c1-7-4-6-3-2-5(7)8/h3H,2,4H2,1H3. The first-order chi connectivity index (χ1) is 3.80. The second kappa shape index (κ2) is 1.94. The normalized spacial score (nSPS) is 19.6. The topological polar surface area (TPSA) is 32.7 Å². The minimum atomic E-state index is 0.153. The molecule has 0 aromatic carbocycles. The molecule has 0 aliphatic carbocycles. The second-order valence-electron chi connectivity index (χ2n) is 1.80. The predicted octanol–water partition coefficient (Wildman–Crippen LogP) is -0.123. The van der Waals surface area contributed by atoms with E-state index < -0.39 is 0 Å². The lowest BCUT2D eigenvalue weighted by Crippen LogP contribution is -2.29. The monoisotopic (exact) mass is 112 g/mol. The van der Waals surface area contributed by atoms with Crippen LogP contribution in [-0.2, 0) is 4.79 Å². The lowest BCUT2D eigenvalue weighted by atomic mass is 10.4. The van der Waals surface area contributed by atoms with Gasteiger partial charge in [0.25, 0.3) is 0 Å². The van der Waals surface area contributed by atoms with Gasteiger partial charge in [0.15, 0.2) is 0 Å². The van der Waals surface area contributed by atoms with Gasteiger partial charge in [-0.3, -0.25) is 9.79 Å². The summed E-state index contributed by atoms with van der Waals surface area (Å²) in [5, 5.41) is 0. The molecule has 0 saturated heterocycles. The third-order valence-corrected chi connectivity index (χ3v) is 1.11. The molecule has 1 heterocycles. The van der Waals surface area contributed by atoms with Crippen molar-refractivity contribution in [3.63, 3.8) is 0 Å². The smallest absolute Gasteiger partial charge is 0.229 e. The Morgan fingerprint density at radius 1 is 1.88 bits per heavy atom. The van der Waals surface area contributed by atoms with E-state index in [1.54, 1.807) is 18.2 Å². The first-order valence-corrected chi connectivity index (χ1v) is 2.53. The van der Waals surface area contributed by atoms with Gasteiger partial charge in [-0.1, -0.05) is 0 Å². The van der Waals surface area contributed by atoms with Gasteiger partial charge in [0.05, 0.1) is 6.42 Å². The zero-order chi connectivity index (χ0) is 5.98. The van der Waals surface area contributed by atoms with Crippen LogP contribution in [0.3, 0.4) is 0 Å². The SMILES string of the molecule is CN1CN=CCC1=O. The fourth-order valence-electron chi connectivity index (χ4n) is 0.558. The molecule has 1 amide bonds. The summed E-state index contributed by atoms with van der Waals surface area (Å²) in [6.07, 6.45) is 2.12. The van der Waals surface area contributed by atoms with Crippen molar-refractivity contribution >= 4 is 12.1 Å². The van der Waals surface area contributed by atoms with E-state index in [0.29, 0.717) is 13.1 Å². The molecule has 0 spiro atoms. The zero-order valence-corrected chi connectivity index (χ0v) is 4.79. The molecule has 0 unspecified atom stereocenters. The Balaban J connectivity index is 2.57. The van der Waals surface area contributed by atoms with Gasteiger partial charge in [0.2, 0.25) is 5.91 Å². The summed E-state index contributed by atoms with van der Waals surface area (Å²) in [4.78, 5) is 16.1. The van der Waals surface area contributed by atoms with E-state index in [4.69, 9.17) is 0 Å². The molecule has 0 bridgehead atoms. The maximum Gasteiger partial charge on any atom is 0.229 e. The molecule has 0 fully saturated rings. The van der Waals surface area contributed by atoms with Crippen LogP contribution in [0.1, 0.15) is 6.42 Å². The van der Waals surface area contributed by atoms with Crippen molar-refractivity contribution in [3.05, 3.63) is 0 Å². The Morgan fingerprint density at radius 2 is 2.62 bits per heavy atom. The predicted molar refractivity (Wildman–Crippen MR) is 30.7 cm³/mol. The number of carbonyl (C=O) groups is 1. The van der Waals surface area contributed by atoms with Gasteiger partial charge in [-0.15, -0.1) is 0 Å². The van der Waals surface area contributed by atoms with Crippen molar-refractivity contribution in [1.82, 2.24) is 4.90 Å². The average Bonchev–Trinajstić information content (AvgIpc) is 1.77. The summed E-state index contributed by atoms with van der Waals surface area (Å²) in [5.74, 6) is 0.153. The number of amides is 1. The number of nitrogens with zero attached hydrogens (tertiary/aromatic N) is 2. The van der Waals surface area contributed by atoms with Gasteiger partial charge >= 0.3 is 0 Å². The molecule has 1 rings (SSSR count). The number of hydrogen-bond acceptors (Lipinski definition) is 2. The van der Waals surface area contributed by atoms with E-state index in [1.165, 1.54) is 0 Å². The first kappa shape index (κ1) is 5.28. The molecule has 0 N–H and O–H groups in total. The van der Waals surface area contributed by atoms with Crippen molar-refractivity contribution in [3.8, 4) is 0 Å². The van der Waals surface area contributed by atoms with Crippen molar-refractivity contribution in [1.29, 1.82) is 0 Å². The molecule has 0 radical (unpaired) electrons. The van der Waals surface area contributed by atoms with Crippen molar-refractivity contribution in [2.75, 3.05) is 13.7 Å². The van der Waals surface area contributed by atoms with Crippen LogP contribution in [0.5, 0.6) is 0 Å². The van der Waals surface area contributed by atoms with E-state index in [1.807, 2.05) is 0 Å². The number of carbonyl (C=O) groups excluding carboxylic acids is 1. The minimum absolute atomic E-state index is 0.153. The molecular formula is C5H8N2O. The van der Waals surface area contributed by atoms with Crippen LogP contribution >= 0.6 is 0 Å². The summed E-state index contributed by atoms with van der Waals surface area (Å²) >= 11 is 0. The van der Waals surface area contributed by atoms with Crippen LogP contribution in [0.4, 0.5) is 0 Å². The molecule has 1 aliphatic rings. The Labute approximate surface area is 48.0 Å². The largest absolute Gasteiger partial charge is 0.326 e. The lowest BCUT2D eigenvalue weighted by Gasteiger charge is -2.15. The van der Waals surface area contributed by atoms with E-state index >= 15 is 0 Å². The maximum atomic E-state index is 10.6. The molecule has 0 aromatic heterocycles. The van der Waals surface area contributed by atoms with Gasteiger partial charge in [-0.2, -0.15) is 0 Å². The van der Waals surface area contributed by atoms with Crippen LogP contribution in [0, 0.1) is 0 Å². The number of hydrogen-bond donors (Lipinski definition) is 0. The summed E-state index contributed by atoms with van der Waals surface area (Å²) < 4.78 is 0. The Bertz CT molecular complexity index is 130. The van der Waals surface area contributed by atoms with Gasteiger partial charge in [0.1, 0.15) is 6.67 Å². The van der Waals surface area contributed by atoms with Crippen LogP contribution in [0.15, 0.2) is 4.99 Å². The summed E-state index contributed by atoms with van der Waals surface area (Å²) in [6.45, 7) is 0.527. The second-order valence-corrected chi connectivity index (χ2v) is 1.80. The third-order valence-electron chi connectivity index (χ3n) is 1.11. The average molecular weight is 112 g/mol. The zero-order valence-electron chi connectivity index (χ0n) is 4.79. The van der Waals surface area contributed by atoms with E-state index in [0.717, 1.165) is 0 Å². The highest BCUT2D eigenvalue weighted by Gasteiger charge is 2.08. The van der Waals surface area contributed by atoms with Crippen LogP contribution in [0.2, 0.25) is 0 Å². The first-order valence-electron chi connectivity index (χ1n) is 2.53. The van der Waals surface area contributed by atoms with Crippen LogP contribution in [-0.4, -0.2) is 30.7 Å². The van der Waals surface area contributed by atoms with Crippen molar-refractivity contribution in [2.24, 2.45) is 4.99 Å². The Kier molecular flexibility index (Phi) is 1.28. The quantitative estimate of drug-likeness (QED) is 0.430. The van der Waals surface area contributed by atoms with E-state index in [2.05, 4.69) is 4.99 Å². The van der Waals surface area contributed by atoms with Gasteiger partial charge in [-0.25, -0.2) is 0 Å². The molecular weight excluding hydrogens is 104 g/mol. The van der Waals surface area contributed by atoms with Crippen molar-refractivity contribution < 1.29 is 4.79 Å². The van der Waals surface area contributed by atoms with Crippen LogP contribution in [0.25, 0.3) is 0 Å². The van der Waals surface area contributed by atoms with Gasteiger partial charge in [0, 0.05) is 13.3 Å². The summed E-state index contributed by atoms with van der Waals surface area (Å²) in [6, 6.07) is 0. The number of aliphatic imine (C=N–C) groups is 1. The molecule has 3 nitrogen and oxygen atoms in total. The van der Waals surface area contributed by atoms with E-state index in [-0.39, 0.29) is 5.91 Å². The third kappa shape index (κ3) is 0.857. The molecule has 0 saturated carbocycles. The fraction of sp³-hybridized carbons (Fsp3) is 0.600. The molecule has 3 heteroatoms. The minimum Gasteiger partial charge on any atom is -0.326 e. The number of rotatable bonds is 0. The lowest BCUT2D eigenvalue weighted by molar-refractivity contribution is -0.128. The summed E-state index contributed by atoms with van der Waals surface area (Å²) in [7, 11) is 1.75. The Morgan fingerprint density at radius 3 is 3.00 bits per heavy atom. The summed E-state index contributed by atoms with van der Waals surface area (Å²) in [5.41, 5.74) is 0. The molecule has 0 atom stereocenters. The molecule has 0 aromatic rings. The van der Waals surface area contributed by atoms with E-state index in [9.17, 15) is 4.79 Å². The maximum absolute atomic E-state index is 10.6. The highest BCUT2D eigenvalue weighted by atomic mass is 16.2.